The molecule has 0 radical (unpaired) electrons. The minimum absolute atomic E-state index is 0.0108. The minimum Gasteiger partial charge on any atom is -0.370 e. The summed E-state index contributed by atoms with van der Waals surface area (Å²) in [6.45, 7) is 4.31. The molecule has 0 saturated carbocycles. The van der Waals surface area contributed by atoms with Gasteiger partial charge in [0.05, 0.1) is 12.5 Å². The Morgan fingerprint density at radius 2 is 1.59 bits per heavy atom. The van der Waals surface area contributed by atoms with Crippen LogP contribution < -0.4 is 5.48 Å². The number of nitrogens with one attached hydrogen (secondary N) is 1. The molecule has 1 aliphatic heterocycles. The lowest BCUT2D eigenvalue weighted by Gasteiger charge is -2.34. The fraction of sp³-hybridized carbons (Fsp3) is 0.481. The average molecular weight is 485 g/mol. The van der Waals surface area contributed by atoms with Gasteiger partial charge in [0.1, 0.15) is 12.1 Å². The molecule has 1 atom stereocenters. The van der Waals surface area contributed by atoms with E-state index < -0.39 is 6.04 Å². The van der Waals surface area contributed by atoms with E-state index in [1.54, 1.807) is 0 Å². The van der Waals surface area contributed by atoms with Crippen molar-refractivity contribution >= 4 is 24.4 Å². The molecule has 0 amide bonds. The van der Waals surface area contributed by atoms with E-state index >= 15 is 0 Å². The highest BCUT2D eigenvalue weighted by atomic mass is 32.1. The number of nitrogens with zero attached hydrogens (tertiary/aromatic N) is 1. The van der Waals surface area contributed by atoms with Gasteiger partial charge >= 0.3 is 5.97 Å². The van der Waals surface area contributed by atoms with Gasteiger partial charge in [0, 0.05) is 31.8 Å². The van der Waals surface area contributed by atoms with Crippen molar-refractivity contribution in [2.45, 2.75) is 57.3 Å². The van der Waals surface area contributed by atoms with Crippen LogP contribution in [0.3, 0.4) is 0 Å². The predicted octanol–water partition coefficient (Wildman–Crippen LogP) is 4.36. The van der Waals surface area contributed by atoms with Crippen LogP contribution in [0.2, 0.25) is 0 Å². The molecule has 0 aromatic heterocycles. The molecule has 1 N–H and O–H groups in total. The highest BCUT2D eigenvalue weighted by Gasteiger charge is 2.25. The lowest BCUT2D eigenvalue weighted by Crippen LogP contribution is -2.41. The molecule has 1 aliphatic rings. The third-order valence-corrected chi connectivity index (χ3v) is 6.45. The number of thiol groups is 1. The molecule has 1 heterocycles. The third kappa shape index (κ3) is 8.24. The van der Waals surface area contributed by atoms with Gasteiger partial charge in [-0.3, -0.25) is 9.59 Å². The summed E-state index contributed by atoms with van der Waals surface area (Å²) in [6.07, 6.45) is 3.38. The van der Waals surface area contributed by atoms with Crippen LogP contribution in [0.25, 0.3) is 0 Å². The molecule has 0 bridgehead atoms. The Morgan fingerprint density at radius 1 is 1.00 bits per heavy atom. The molecule has 184 valence electrons. The number of likely N-dealkylation sites (tertiary alicyclic amines) is 1. The normalized spacial score (nSPS) is 15.9. The minimum atomic E-state index is -0.553. The van der Waals surface area contributed by atoms with Gasteiger partial charge in [0.25, 0.3) is 0 Å². The SMILES string of the molecule is CCCC(=O)[C@H](CS)NOC(=O)CCN1CCC(OC(c2ccccc2)c2ccccc2)CC1. The Hall–Kier alpha value is -2.19. The Bertz CT molecular complexity index is 833. The second-order valence-electron chi connectivity index (χ2n) is 8.67. The maximum atomic E-state index is 12.1. The molecule has 7 heteroatoms. The molecule has 3 rings (SSSR count). The van der Waals surface area contributed by atoms with Crippen molar-refractivity contribution in [2.75, 3.05) is 25.4 Å². The molecular weight excluding hydrogens is 448 g/mol. The second-order valence-corrected chi connectivity index (χ2v) is 9.04. The van der Waals surface area contributed by atoms with Gasteiger partial charge in [-0.05, 0) is 30.4 Å². The van der Waals surface area contributed by atoms with Crippen LogP contribution >= 0.6 is 12.6 Å². The van der Waals surface area contributed by atoms with Crippen LogP contribution in [-0.2, 0) is 19.2 Å². The molecule has 1 fully saturated rings. The number of carbonyl (C=O) groups excluding carboxylic acids is 2. The smallest absolute Gasteiger partial charge is 0.326 e. The van der Waals surface area contributed by atoms with Crippen molar-refractivity contribution in [3.8, 4) is 0 Å². The molecule has 2 aromatic rings. The summed E-state index contributed by atoms with van der Waals surface area (Å²) in [5, 5.41) is 0. The van der Waals surface area contributed by atoms with Crippen molar-refractivity contribution in [3.63, 3.8) is 0 Å². The fourth-order valence-electron chi connectivity index (χ4n) is 4.13. The van der Waals surface area contributed by atoms with Crippen LogP contribution in [0.4, 0.5) is 0 Å². The number of ketones is 1. The summed E-state index contributed by atoms with van der Waals surface area (Å²) in [5.41, 5.74) is 4.90. The van der Waals surface area contributed by atoms with Crippen molar-refractivity contribution < 1.29 is 19.2 Å². The van der Waals surface area contributed by atoms with Gasteiger partial charge in [0.2, 0.25) is 0 Å². The van der Waals surface area contributed by atoms with Gasteiger partial charge in [-0.25, -0.2) is 0 Å². The number of Topliss-reactive ketones (excluding diaryl/α,β-unsaturated/α-hetero) is 1. The summed E-state index contributed by atoms with van der Waals surface area (Å²) in [7, 11) is 0. The zero-order chi connectivity index (χ0) is 24.2. The highest BCUT2D eigenvalue weighted by Crippen LogP contribution is 2.30. The topological polar surface area (TPSA) is 67.9 Å². The quantitative estimate of drug-likeness (QED) is 0.325. The Morgan fingerprint density at radius 3 is 2.12 bits per heavy atom. The van der Waals surface area contributed by atoms with Crippen LogP contribution in [0.5, 0.6) is 0 Å². The first-order chi connectivity index (χ1) is 16.6. The van der Waals surface area contributed by atoms with E-state index in [9.17, 15) is 9.59 Å². The summed E-state index contributed by atoms with van der Waals surface area (Å²) in [4.78, 5) is 31.5. The van der Waals surface area contributed by atoms with Gasteiger partial charge in [0.15, 0.2) is 5.78 Å². The number of hydrogen-bond donors (Lipinski definition) is 2. The Balaban J connectivity index is 1.43. The van der Waals surface area contributed by atoms with Crippen LogP contribution in [0.15, 0.2) is 60.7 Å². The van der Waals surface area contributed by atoms with E-state index in [2.05, 4.69) is 47.3 Å². The summed E-state index contributed by atoms with van der Waals surface area (Å²) in [6, 6.07) is 20.1. The van der Waals surface area contributed by atoms with E-state index in [1.807, 2.05) is 43.3 Å². The third-order valence-electron chi connectivity index (χ3n) is 6.08. The lowest BCUT2D eigenvalue weighted by molar-refractivity contribution is -0.154. The van der Waals surface area contributed by atoms with E-state index in [0.717, 1.165) is 43.5 Å². The number of ether oxygens (including phenoxy) is 1. The highest BCUT2D eigenvalue weighted by molar-refractivity contribution is 7.80. The van der Waals surface area contributed by atoms with Crippen LogP contribution in [0, 0.1) is 0 Å². The number of hydroxylamine groups is 1. The Kier molecular flexibility index (Phi) is 11.1. The van der Waals surface area contributed by atoms with Gasteiger partial charge in [-0.1, -0.05) is 67.6 Å². The zero-order valence-electron chi connectivity index (χ0n) is 19.9. The number of carbonyl (C=O) groups is 2. The summed E-state index contributed by atoms with van der Waals surface area (Å²) in [5.74, 6) is -0.0496. The van der Waals surface area contributed by atoms with E-state index in [1.165, 1.54) is 0 Å². The monoisotopic (exact) mass is 484 g/mol. The average Bonchev–Trinajstić information content (AvgIpc) is 2.88. The summed E-state index contributed by atoms with van der Waals surface area (Å²) >= 11 is 4.17. The van der Waals surface area contributed by atoms with E-state index in [4.69, 9.17) is 9.57 Å². The maximum Gasteiger partial charge on any atom is 0.326 e. The number of rotatable bonds is 13. The maximum absolute atomic E-state index is 12.1. The van der Waals surface area contributed by atoms with Gasteiger partial charge in [-0.2, -0.15) is 12.6 Å². The predicted molar refractivity (Wildman–Crippen MR) is 137 cm³/mol. The van der Waals surface area contributed by atoms with Crippen molar-refractivity contribution in [3.05, 3.63) is 71.8 Å². The first kappa shape index (κ1) is 26.4. The molecule has 34 heavy (non-hydrogen) atoms. The van der Waals surface area contributed by atoms with Gasteiger partial charge in [-0.15, -0.1) is 5.48 Å². The molecule has 1 saturated heterocycles. The van der Waals surface area contributed by atoms with Crippen LogP contribution in [-0.4, -0.2) is 54.2 Å². The van der Waals surface area contributed by atoms with Crippen LogP contribution in [0.1, 0.15) is 56.3 Å². The number of benzene rings is 2. The molecule has 0 spiro atoms. The molecule has 0 unspecified atom stereocenters. The zero-order valence-corrected chi connectivity index (χ0v) is 20.8. The summed E-state index contributed by atoms with van der Waals surface area (Å²) < 4.78 is 6.59. The van der Waals surface area contributed by atoms with Crippen molar-refractivity contribution in [1.29, 1.82) is 0 Å². The molecule has 6 nitrogen and oxygen atoms in total. The number of hydrogen-bond acceptors (Lipinski definition) is 7. The van der Waals surface area contributed by atoms with Crippen molar-refractivity contribution in [2.24, 2.45) is 0 Å². The van der Waals surface area contributed by atoms with Crippen molar-refractivity contribution in [1.82, 2.24) is 10.4 Å². The molecule has 0 aliphatic carbocycles. The second kappa shape index (κ2) is 14.3. The van der Waals surface area contributed by atoms with E-state index in [0.29, 0.717) is 18.7 Å². The first-order valence-corrected chi connectivity index (χ1v) is 12.8. The lowest BCUT2D eigenvalue weighted by atomic mass is 10.00. The standard InChI is InChI=1S/C27H36N2O4S/c1-2-9-25(30)24(20-34)28-33-26(31)16-19-29-17-14-23(15-18-29)32-27(21-10-5-3-6-11-21)22-12-7-4-8-13-22/h3-8,10-13,23-24,27-28,34H,2,9,14-20H2,1H3/t24-/m0/s1. The fourth-order valence-corrected chi connectivity index (χ4v) is 4.41. The first-order valence-electron chi connectivity index (χ1n) is 12.2. The largest absolute Gasteiger partial charge is 0.370 e. The molecule has 2 aromatic carbocycles. The Labute approximate surface area is 208 Å². The van der Waals surface area contributed by atoms with Gasteiger partial charge < -0.3 is 14.5 Å². The molecular formula is C27H36N2O4S. The van der Waals surface area contributed by atoms with E-state index in [-0.39, 0.29) is 30.4 Å². The number of piperidine rings is 1.